The van der Waals surface area contributed by atoms with Crippen molar-refractivity contribution in [3.05, 3.63) is 22.5 Å². The van der Waals surface area contributed by atoms with Crippen molar-refractivity contribution in [3.63, 3.8) is 0 Å². The van der Waals surface area contributed by atoms with Crippen LogP contribution in [0.5, 0.6) is 5.75 Å². The molecule has 0 unspecified atom stereocenters. The van der Waals surface area contributed by atoms with Gasteiger partial charge in [-0.1, -0.05) is 11.6 Å². The lowest BCUT2D eigenvalue weighted by Gasteiger charge is -2.08. The summed E-state index contributed by atoms with van der Waals surface area (Å²) in [5.74, 6) is -0.0678. The first kappa shape index (κ1) is 13.1. The average Bonchev–Trinajstić information content (AvgIpc) is 2.29. The summed E-state index contributed by atoms with van der Waals surface area (Å²) in [6, 6.07) is 1.43. The van der Waals surface area contributed by atoms with E-state index in [1.54, 1.807) is 6.92 Å². The van der Waals surface area contributed by atoms with Gasteiger partial charge in [0.25, 0.3) is 0 Å². The van der Waals surface area contributed by atoms with Crippen LogP contribution in [-0.4, -0.2) is 24.7 Å². The number of esters is 1. The lowest BCUT2D eigenvalue weighted by atomic mass is 10.3. The molecular weight excluding hydrogens is 253 g/mol. The molecule has 0 aliphatic heterocycles. The molecule has 88 valence electrons. The molecule has 6 heteroatoms. The first-order chi connectivity index (χ1) is 7.63. The zero-order chi connectivity index (χ0) is 12.1. The highest BCUT2D eigenvalue weighted by Gasteiger charge is 2.16. The van der Waals surface area contributed by atoms with Crippen molar-refractivity contribution in [2.24, 2.45) is 0 Å². The number of ether oxygens (including phenoxy) is 2. The second-order valence-electron chi connectivity index (χ2n) is 2.82. The summed E-state index contributed by atoms with van der Waals surface area (Å²) < 4.78 is 9.84. The molecule has 0 amide bonds. The van der Waals surface area contributed by atoms with Gasteiger partial charge in [0.05, 0.1) is 25.3 Å². The van der Waals surface area contributed by atoms with E-state index in [2.05, 4.69) is 4.98 Å². The number of halogens is 2. The second-order valence-corrected chi connectivity index (χ2v) is 3.47. The number of hydrogen-bond acceptors (Lipinski definition) is 4. The Morgan fingerprint density at radius 3 is 2.75 bits per heavy atom. The van der Waals surface area contributed by atoms with Gasteiger partial charge in [0.2, 0.25) is 0 Å². The summed E-state index contributed by atoms with van der Waals surface area (Å²) in [5, 5.41) is 0.311. The second kappa shape index (κ2) is 5.92. The first-order valence-electron chi connectivity index (χ1n) is 4.60. The Balaban J connectivity index is 3.16. The quantitative estimate of drug-likeness (QED) is 0.619. The Bertz CT molecular complexity index is 371. The zero-order valence-electron chi connectivity index (χ0n) is 8.92. The number of alkyl halides is 1. The minimum Gasteiger partial charge on any atom is -0.495 e. The van der Waals surface area contributed by atoms with Gasteiger partial charge in [-0.25, -0.2) is 9.78 Å². The van der Waals surface area contributed by atoms with Gasteiger partial charge in [0, 0.05) is 6.07 Å². The summed E-state index contributed by atoms with van der Waals surface area (Å²) in [6.07, 6.45) is 0. The summed E-state index contributed by atoms with van der Waals surface area (Å²) >= 11 is 11.6. The monoisotopic (exact) mass is 263 g/mol. The maximum absolute atomic E-state index is 11.5. The van der Waals surface area contributed by atoms with E-state index in [9.17, 15) is 4.79 Å². The molecule has 0 radical (unpaired) electrons. The Labute approximate surface area is 103 Å². The fourth-order valence-corrected chi connectivity index (χ4v) is 1.61. The number of carbonyl (C=O) groups excluding carboxylic acids is 1. The van der Waals surface area contributed by atoms with Gasteiger partial charge < -0.3 is 9.47 Å². The molecule has 1 heterocycles. The number of nitrogens with zero attached hydrogens (tertiary/aromatic N) is 1. The minimum absolute atomic E-state index is 0.0996. The van der Waals surface area contributed by atoms with Crippen LogP contribution in [0, 0.1) is 0 Å². The molecular formula is C10H11Cl2NO3. The third-order valence-corrected chi connectivity index (χ3v) is 2.48. The fraction of sp³-hybridized carbons (Fsp3) is 0.400. The van der Waals surface area contributed by atoms with Crippen molar-refractivity contribution < 1.29 is 14.3 Å². The van der Waals surface area contributed by atoms with Crippen molar-refractivity contribution >= 4 is 29.2 Å². The molecule has 16 heavy (non-hydrogen) atoms. The first-order valence-corrected chi connectivity index (χ1v) is 5.51. The van der Waals surface area contributed by atoms with Gasteiger partial charge >= 0.3 is 5.97 Å². The molecule has 0 aliphatic rings. The summed E-state index contributed by atoms with van der Waals surface area (Å²) in [7, 11) is 1.45. The molecule has 0 aliphatic carbocycles. The molecule has 1 aromatic rings. The predicted octanol–water partition coefficient (Wildman–Crippen LogP) is 2.66. The Morgan fingerprint density at radius 1 is 1.56 bits per heavy atom. The van der Waals surface area contributed by atoms with Crippen molar-refractivity contribution in [2.75, 3.05) is 13.7 Å². The minimum atomic E-state index is -0.524. The summed E-state index contributed by atoms with van der Waals surface area (Å²) in [6.45, 7) is 2.00. The topological polar surface area (TPSA) is 48.4 Å². The van der Waals surface area contributed by atoms with E-state index in [1.165, 1.54) is 13.2 Å². The molecule has 0 N–H and O–H groups in total. The van der Waals surface area contributed by atoms with Crippen LogP contribution in [0.3, 0.4) is 0 Å². The predicted molar refractivity (Wildman–Crippen MR) is 61.3 cm³/mol. The maximum Gasteiger partial charge on any atom is 0.357 e. The number of carbonyl (C=O) groups is 1. The molecule has 0 aromatic carbocycles. The smallest absolute Gasteiger partial charge is 0.357 e. The summed E-state index contributed by atoms with van der Waals surface area (Å²) in [4.78, 5) is 15.5. The van der Waals surface area contributed by atoms with Crippen molar-refractivity contribution in [3.8, 4) is 5.75 Å². The number of aromatic nitrogens is 1. The number of pyridine rings is 1. The van der Waals surface area contributed by atoms with Crippen molar-refractivity contribution in [1.82, 2.24) is 4.98 Å². The van der Waals surface area contributed by atoms with Crippen molar-refractivity contribution in [2.45, 2.75) is 12.8 Å². The van der Waals surface area contributed by atoms with Crippen LogP contribution in [-0.2, 0) is 10.6 Å². The highest BCUT2D eigenvalue weighted by molar-refractivity contribution is 6.33. The molecule has 0 saturated heterocycles. The highest BCUT2D eigenvalue weighted by atomic mass is 35.5. The van der Waals surface area contributed by atoms with E-state index in [4.69, 9.17) is 32.7 Å². The van der Waals surface area contributed by atoms with Crippen LogP contribution in [0.2, 0.25) is 5.02 Å². The lowest BCUT2D eigenvalue weighted by molar-refractivity contribution is 0.0518. The highest BCUT2D eigenvalue weighted by Crippen LogP contribution is 2.28. The largest absolute Gasteiger partial charge is 0.495 e. The van der Waals surface area contributed by atoms with E-state index < -0.39 is 5.97 Å². The SMILES string of the molecule is CCOC(=O)c1cc(OC)c(Cl)c(CCl)n1. The van der Waals surface area contributed by atoms with Gasteiger partial charge in [-0.3, -0.25) is 0 Å². The van der Waals surface area contributed by atoms with E-state index >= 15 is 0 Å². The normalized spacial score (nSPS) is 10.0. The molecule has 0 spiro atoms. The van der Waals surface area contributed by atoms with Crippen LogP contribution in [0.15, 0.2) is 6.07 Å². The van der Waals surface area contributed by atoms with Crippen LogP contribution in [0.25, 0.3) is 0 Å². The van der Waals surface area contributed by atoms with Gasteiger partial charge in [-0.05, 0) is 6.92 Å². The molecule has 4 nitrogen and oxygen atoms in total. The van der Waals surface area contributed by atoms with Gasteiger partial charge in [-0.2, -0.15) is 0 Å². The number of methoxy groups -OCH3 is 1. The molecule has 0 bridgehead atoms. The third-order valence-electron chi connectivity index (χ3n) is 1.82. The molecule has 1 aromatic heterocycles. The molecule has 0 saturated carbocycles. The fourth-order valence-electron chi connectivity index (χ4n) is 1.10. The number of rotatable bonds is 4. The van der Waals surface area contributed by atoms with Gasteiger partial charge in [0.15, 0.2) is 5.69 Å². The standard InChI is InChI=1S/C10H11Cl2NO3/c1-3-16-10(14)6-4-8(15-2)9(12)7(5-11)13-6/h4H,3,5H2,1-2H3. The van der Waals surface area contributed by atoms with Crippen LogP contribution in [0.1, 0.15) is 23.1 Å². The van der Waals surface area contributed by atoms with E-state index in [0.29, 0.717) is 16.5 Å². The average molecular weight is 264 g/mol. The summed E-state index contributed by atoms with van der Waals surface area (Å²) in [5.41, 5.74) is 0.532. The van der Waals surface area contributed by atoms with E-state index in [1.807, 2.05) is 0 Å². The molecule has 0 fully saturated rings. The van der Waals surface area contributed by atoms with Gasteiger partial charge in [-0.15, -0.1) is 11.6 Å². The zero-order valence-corrected chi connectivity index (χ0v) is 10.4. The van der Waals surface area contributed by atoms with Gasteiger partial charge in [0.1, 0.15) is 10.8 Å². The van der Waals surface area contributed by atoms with Crippen molar-refractivity contribution in [1.29, 1.82) is 0 Å². The Morgan fingerprint density at radius 2 is 2.25 bits per heavy atom. The maximum atomic E-state index is 11.5. The molecule has 1 rings (SSSR count). The van der Waals surface area contributed by atoms with E-state index in [0.717, 1.165) is 0 Å². The lowest BCUT2D eigenvalue weighted by Crippen LogP contribution is -2.09. The van der Waals surface area contributed by atoms with Crippen LogP contribution in [0.4, 0.5) is 0 Å². The Kier molecular flexibility index (Phi) is 4.83. The Hall–Kier alpha value is -1.000. The van der Waals surface area contributed by atoms with Crippen LogP contribution < -0.4 is 4.74 Å². The third kappa shape index (κ3) is 2.77. The molecule has 0 atom stereocenters. The number of hydrogen-bond donors (Lipinski definition) is 0. The van der Waals surface area contributed by atoms with Crippen LogP contribution >= 0.6 is 23.2 Å². The van der Waals surface area contributed by atoms with E-state index in [-0.39, 0.29) is 18.2 Å².